The Balaban J connectivity index is 1.47. The Labute approximate surface area is 220 Å². The number of aliphatic imine (C=N–C) groups is 1. The number of rotatable bonds is 8. The largest absolute Gasteiger partial charge is 0.481 e. The van der Waals surface area contributed by atoms with Gasteiger partial charge >= 0.3 is 5.97 Å². The standard InChI is InChI=1S/C27H29N9O2/c1-17(36-10-4-7-20(16-36)26(37)38)22-9-3-8-21(32-22)14-31-15-25(35-30)24-12-23(33-27(29)34-24)19-6-2-5-18(11-19)13-28/h2-3,5-6,8-9,11-12,15,17,20H,4,7,10,14,16,30H2,1H3,(H,37,38)(H2,29,33,34)/t17-,20-/m1/s1. The molecule has 0 spiro atoms. The zero-order valence-corrected chi connectivity index (χ0v) is 21.0. The molecule has 11 nitrogen and oxygen atoms in total. The van der Waals surface area contributed by atoms with Crippen LogP contribution in [0.2, 0.25) is 0 Å². The third-order valence-corrected chi connectivity index (χ3v) is 6.51. The van der Waals surface area contributed by atoms with E-state index in [1.165, 1.54) is 6.21 Å². The van der Waals surface area contributed by atoms with Crippen molar-refractivity contribution in [3.63, 3.8) is 0 Å². The Kier molecular flexibility index (Phi) is 8.35. The zero-order chi connectivity index (χ0) is 27.1. The molecule has 194 valence electrons. The van der Waals surface area contributed by atoms with Gasteiger partial charge in [-0.1, -0.05) is 18.2 Å². The Morgan fingerprint density at radius 3 is 2.84 bits per heavy atom. The van der Waals surface area contributed by atoms with Gasteiger partial charge in [-0.2, -0.15) is 10.4 Å². The molecule has 2 atom stereocenters. The van der Waals surface area contributed by atoms with Crippen molar-refractivity contribution in [1.29, 1.82) is 5.26 Å². The number of benzene rings is 1. The van der Waals surface area contributed by atoms with E-state index < -0.39 is 5.97 Å². The van der Waals surface area contributed by atoms with Crippen molar-refractivity contribution < 1.29 is 9.90 Å². The van der Waals surface area contributed by atoms with E-state index in [1.54, 1.807) is 24.3 Å². The fourth-order valence-electron chi connectivity index (χ4n) is 4.45. The number of pyridine rings is 1. The van der Waals surface area contributed by atoms with Gasteiger partial charge in [0.2, 0.25) is 5.95 Å². The molecule has 3 heterocycles. The first-order valence-corrected chi connectivity index (χ1v) is 12.2. The maximum atomic E-state index is 11.4. The first kappa shape index (κ1) is 26.4. The molecule has 38 heavy (non-hydrogen) atoms. The summed E-state index contributed by atoms with van der Waals surface area (Å²) in [5.41, 5.74) is 10.0. The third-order valence-electron chi connectivity index (χ3n) is 6.51. The minimum Gasteiger partial charge on any atom is -0.481 e. The highest BCUT2D eigenvalue weighted by molar-refractivity contribution is 6.37. The lowest BCUT2D eigenvalue weighted by molar-refractivity contribution is -0.143. The first-order chi connectivity index (χ1) is 18.4. The van der Waals surface area contributed by atoms with E-state index in [0.717, 1.165) is 24.4 Å². The van der Waals surface area contributed by atoms with Crippen molar-refractivity contribution in [3.05, 3.63) is 71.2 Å². The molecule has 0 bridgehead atoms. The number of carbonyl (C=O) groups is 1. The van der Waals surface area contributed by atoms with Crippen LogP contribution >= 0.6 is 0 Å². The zero-order valence-electron chi connectivity index (χ0n) is 21.0. The fraction of sp³-hybridized carbons (Fsp3) is 0.296. The predicted octanol–water partition coefficient (Wildman–Crippen LogP) is 2.78. The number of nitriles is 1. The number of piperidine rings is 1. The van der Waals surface area contributed by atoms with Crippen molar-refractivity contribution >= 4 is 23.8 Å². The molecule has 0 saturated carbocycles. The van der Waals surface area contributed by atoms with Gasteiger partial charge in [0.25, 0.3) is 0 Å². The van der Waals surface area contributed by atoms with Gasteiger partial charge in [0, 0.05) is 18.2 Å². The van der Waals surface area contributed by atoms with Gasteiger partial charge < -0.3 is 16.7 Å². The van der Waals surface area contributed by atoms with Crippen molar-refractivity contribution in [2.24, 2.45) is 21.9 Å². The van der Waals surface area contributed by atoms with Crippen molar-refractivity contribution in [2.75, 3.05) is 18.8 Å². The quantitative estimate of drug-likeness (QED) is 0.233. The highest BCUT2D eigenvalue weighted by atomic mass is 16.4. The van der Waals surface area contributed by atoms with Crippen LogP contribution in [0.3, 0.4) is 0 Å². The molecule has 2 aromatic heterocycles. The summed E-state index contributed by atoms with van der Waals surface area (Å²) in [5.74, 6) is 4.59. The van der Waals surface area contributed by atoms with Crippen LogP contribution < -0.4 is 11.6 Å². The molecule has 0 radical (unpaired) electrons. The number of nitrogen functional groups attached to an aromatic ring is 1. The van der Waals surface area contributed by atoms with E-state index in [4.69, 9.17) is 16.6 Å². The number of carboxylic acid groups (broad SMARTS) is 1. The number of anilines is 1. The second kappa shape index (κ2) is 12.0. The molecule has 11 heteroatoms. The van der Waals surface area contributed by atoms with Gasteiger partial charge in [-0.15, -0.1) is 0 Å². The number of hydrogen-bond donors (Lipinski definition) is 3. The van der Waals surface area contributed by atoms with Crippen LogP contribution in [0.1, 0.15) is 48.5 Å². The monoisotopic (exact) mass is 511 g/mol. The second-order valence-electron chi connectivity index (χ2n) is 9.08. The number of nitrogens with two attached hydrogens (primary N) is 2. The number of hydrogen-bond acceptors (Lipinski definition) is 10. The lowest BCUT2D eigenvalue weighted by Crippen LogP contribution is -2.40. The molecule has 3 aromatic rings. The molecule has 4 rings (SSSR count). The molecule has 5 N–H and O–H groups in total. The summed E-state index contributed by atoms with van der Waals surface area (Å²) in [4.78, 5) is 31.3. The summed E-state index contributed by atoms with van der Waals surface area (Å²) in [6.07, 6.45) is 3.07. The molecular weight excluding hydrogens is 482 g/mol. The Morgan fingerprint density at radius 2 is 2.08 bits per heavy atom. The molecular formula is C27H29N9O2. The van der Waals surface area contributed by atoms with Crippen molar-refractivity contribution in [1.82, 2.24) is 19.9 Å². The number of aliphatic carboxylic acids is 1. The van der Waals surface area contributed by atoms with Crippen LogP contribution in [-0.4, -0.2) is 55.9 Å². The maximum absolute atomic E-state index is 11.4. The van der Waals surface area contributed by atoms with E-state index in [9.17, 15) is 15.2 Å². The smallest absolute Gasteiger partial charge is 0.307 e. The summed E-state index contributed by atoms with van der Waals surface area (Å²) in [5, 5.41) is 22.4. The molecule has 1 aliphatic rings. The van der Waals surface area contributed by atoms with E-state index in [-0.39, 0.29) is 24.5 Å². The van der Waals surface area contributed by atoms with E-state index >= 15 is 0 Å². The minimum atomic E-state index is -0.747. The molecule has 1 fully saturated rings. The Hall–Kier alpha value is -4.69. The summed E-state index contributed by atoms with van der Waals surface area (Å²) < 4.78 is 0. The summed E-state index contributed by atoms with van der Waals surface area (Å²) in [6.45, 7) is 3.69. The normalized spacial score (nSPS) is 17.3. The second-order valence-corrected chi connectivity index (χ2v) is 9.08. The van der Waals surface area contributed by atoms with Gasteiger partial charge in [0.1, 0.15) is 5.71 Å². The molecule has 1 saturated heterocycles. The minimum absolute atomic E-state index is 0.0100. The average Bonchev–Trinajstić information content (AvgIpc) is 2.94. The summed E-state index contributed by atoms with van der Waals surface area (Å²) >= 11 is 0. The highest BCUT2D eigenvalue weighted by Gasteiger charge is 2.29. The topological polar surface area (TPSA) is 180 Å². The van der Waals surface area contributed by atoms with Crippen LogP contribution in [0.15, 0.2) is 58.6 Å². The van der Waals surface area contributed by atoms with Crippen LogP contribution in [0.4, 0.5) is 5.95 Å². The molecule has 0 unspecified atom stereocenters. The number of hydrazone groups is 1. The fourth-order valence-corrected chi connectivity index (χ4v) is 4.45. The number of carboxylic acids is 1. The third kappa shape index (κ3) is 6.35. The van der Waals surface area contributed by atoms with E-state index in [2.05, 4.69) is 31.0 Å². The van der Waals surface area contributed by atoms with Crippen LogP contribution in [0.5, 0.6) is 0 Å². The first-order valence-electron chi connectivity index (χ1n) is 12.2. The number of aromatic nitrogens is 3. The molecule has 1 aliphatic heterocycles. The highest BCUT2D eigenvalue weighted by Crippen LogP contribution is 2.26. The Bertz CT molecular complexity index is 1410. The average molecular weight is 512 g/mol. The van der Waals surface area contributed by atoms with Crippen LogP contribution in [-0.2, 0) is 11.3 Å². The van der Waals surface area contributed by atoms with Crippen molar-refractivity contribution in [3.8, 4) is 17.3 Å². The molecule has 0 amide bonds. The lowest BCUT2D eigenvalue weighted by atomic mass is 9.96. The van der Waals surface area contributed by atoms with Gasteiger partial charge in [0.15, 0.2) is 0 Å². The summed E-state index contributed by atoms with van der Waals surface area (Å²) in [6, 6.07) is 16.5. The van der Waals surface area contributed by atoms with Gasteiger partial charge in [-0.05, 0) is 56.6 Å². The van der Waals surface area contributed by atoms with Crippen LogP contribution in [0.25, 0.3) is 11.3 Å². The lowest BCUT2D eigenvalue weighted by Gasteiger charge is -2.35. The maximum Gasteiger partial charge on any atom is 0.307 e. The van der Waals surface area contributed by atoms with Gasteiger partial charge in [0.05, 0.1) is 53.1 Å². The Morgan fingerprint density at radius 1 is 1.26 bits per heavy atom. The van der Waals surface area contributed by atoms with Gasteiger partial charge in [-0.25, -0.2) is 9.97 Å². The van der Waals surface area contributed by atoms with Gasteiger partial charge in [-0.3, -0.25) is 19.7 Å². The SMILES string of the molecule is C[C@H](c1cccc(CN=CC(=NN)c2cc(-c3cccc(C#N)c3)nc(N)n2)n1)N1CCC[C@@H](C(=O)O)C1. The van der Waals surface area contributed by atoms with E-state index in [1.807, 2.05) is 31.2 Å². The molecule has 1 aromatic carbocycles. The van der Waals surface area contributed by atoms with Crippen LogP contribution in [0, 0.1) is 17.2 Å². The molecule has 0 aliphatic carbocycles. The summed E-state index contributed by atoms with van der Waals surface area (Å²) in [7, 11) is 0. The van der Waals surface area contributed by atoms with Crippen molar-refractivity contribution in [2.45, 2.75) is 32.4 Å². The predicted molar refractivity (Wildman–Crippen MR) is 144 cm³/mol. The number of likely N-dealkylation sites (tertiary alicyclic amines) is 1. The van der Waals surface area contributed by atoms with E-state index in [0.29, 0.717) is 41.2 Å². The number of nitrogens with zero attached hydrogens (tertiary/aromatic N) is 7.